The number of alkyl halides is 6. The molecular formula is C116H211Br8F6N11O8+6. The van der Waals surface area contributed by atoms with E-state index in [1.807, 2.05) is 28.2 Å². The summed E-state index contributed by atoms with van der Waals surface area (Å²) in [6.07, 6.45) is 46.4. The first-order chi connectivity index (χ1) is 66.1. The van der Waals surface area contributed by atoms with Crippen molar-refractivity contribution in [1.82, 2.24) is 16.0 Å². The second-order valence-electron chi connectivity index (χ2n) is 44.7. The van der Waals surface area contributed by atoms with E-state index in [0.717, 1.165) is 181 Å². The van der Waals surface area contributed by atoms with Crippen molar-refractivity contribution in [3.63, 3.8) is 0 Å². The van der Waals surface area contributed by atoms with Crippen LogP contribution in [0.2, 0.25) is 0 Å². The fourth-order valence-corrected chi connectivity index (χ4v) is 18.0. The normalized spacial score (nSPS) is 11.6. The second-order valence-corrected chi connectivity index (χ2v) is 44.7. The summed E-state index contributed by atoms with van der Waals surface area (Å²) in [4.78, 5) is 90.2. The first-order valence-electron chi connectivity index (χ1n) is 53.5. The predicted molar refractivity (Wildman–Crippen MR) is 640 cm³/mol. The summed E-state index contributed by atoms with van der Waals surface area (Å²) in [6, 6.07) is 9.07. The maximum absolute atomic E-state index is 14.7. The van der Waals surface area contributed by atoms with E-state index in [9.17, 15) is 64.7 Å². The molecule has 0 unspecified atom stereocenters. The van der Waals surface area contributed by atoms with Crippen molar-refractivity contribution < 1.29 is 135 Å². The van der Waals surface area contributed by atoms with Gasteiger partial charge in [-0.25, -0.2) is 0 Å². The van der Waals surface area contributed by atoms with Crippen molar-refractivity contribution >= 4 is 149 Å². The molecule has 0 aliphatic rings. The Morgan fingerprint density at radius 1 is 0.221 bits per heavy atom. The third-order valence-corrected chi connectivity index (χ3v) is 27.3. The Balaban J connectivity index is -0.000000215. The van der Waals surface area contributed by atoms with Crippen LogP contribution in [0.15, 0.2) is 150 Å². The maximum atomic E-state index is 14.7. The number of hydrogen-bond acceptors (Lipinski definition) is 8. The number of hydrogen-bond donors (Lipinski definition) is 3. The number of carbonyl (C=O) groups is 8. The number of benzene rings is 2. The van der Waals surface area contributed by atoms with Gasteiger partial charge in [-0.1, -0.05) is 178 Å². The molecule has 2 aromatic carbocycles. The van der Waals surface area contributed by atoms with Crippen LogP contribution < -0.4 is 49.9 Å². The molecule has 0 bridgehead atoms. The molecule has 870 valence electrons. The highest BCUT2D eigenvalue weighted by Crippen LogP contribution is 2.56. The summed E-state index contributed by atoms with van der Waals surface area (Å²) in [5.74, 6) is 0.189. The topological polar surface area (TPSA) is 173 Å². The Hall–Kier alpha value is -3.78. The molecule has 0 aromatic heterocycles. The van der Waals surface area contributed by atoms with Crippen molar-refractivity contribution in [2.24, 2.45) is 0 Å². The van der Waals surface area contributed by atoms with E-state index in [4.69, 9.17) is 0 Å². The Kier molecular flexibility index (Phi) is 103. The maximum Gasteiger partial charge on any atom is 0.411 e. The molecule has 0 spiro atoms. The zero-order valence-corrected chi connectivity index (χ0v) is 109. The average molecular weight is 2640 g/mol. The van der Waals surface area contributed by atoms with Gasteiger partial charge in [-0.3, -0.25) is 38.4 Å². The van der Waals surface area contributed by atoms with Gasteiger partial charge in [0.1, 0.15) is 13.1 Å². The number of quaternary nitrogens is 8. The number of ketones is 5. The largest absolute Gasteiger partial charge is 1.00 e. The lowest BCUT2D eigenvalue weighted by Gasteiger charge is -2.38. The number of amides is 3. The Labute approximate surface area is 987 Å². The average Bonchev–Trinajstić information content (AvgIpc) is 0.714. The summed E-state index contributed by atoms with van der Waals surface area (Å²) in [6.45, 7) is 46.4. The molecule has 0 radical (unpaired) electrons. The SMILES string of the molecule is Br.Br.Br.Br.Br.Br.C=CC(=O)CCCC[N+](C)(C)CCCCCCCCCCCC[N+](C)(C)CCCNC(=O)C=C.C=CC(=O)CCCC[N+](C)(C)CCCCCCCCCC[N+](C)(C)CCCNC(=O)C=C.C=CC(=O)CCCC[N+](C)(C)CCCCCCCC[N+](C)(C)CCCNC(=O)C=C.C=CC(=O)CCCC[N+](C)(C)Cc1ccc(C(c2ccc(C[N+](C)(C)CCCCC(=O)C=C)cc2)(C(F)(F)F)C(F)(F)F)cc1.[Br-].[Br-]. The van der Waals surface area contributed by atoms with Gasteiger partial charge >= 0.3 is 12.4 Å². The second kappa shape index (κ2) is 93.1. The molecule has 33 heteroatoms. The van der Waals surface area contributed by atoms with E-state index in [1.165, 1.54) is 266 Å². The first-order valence-corrected chi connectivity index (χ1v) is 53.5. The van der Waals surface area contributed by atoms with Crippen LogP contribution in [-0.2, 0) is 56.9 Å². The third kappa shape index (κ3) is 88.8. The van der Waals surface area contributed by atoms with Gasteiger partial charge in [0.15, 0.2) is 28.9 Å². The van der Waals surface area contributed by atoms with E-state index >= 15 is 0 Å². The molecule has 0 aliphatic heterocycles. The molecule has 0 fully saturated rings. The number of nitrogens with zero attached hydrogens (tertiary/aromatic N) is 8. The minimum absolute atomic E-state index is 0. The van der Waals surface area contributed by atoms with Gasteiger partial charge in [0.2, 0.25) is 23.1 Å². The van der Waals surface area contributed by atoms with Crippen LogP contribution in [0, 0.1) is 0 Å². The van der Waals surface area contributed by atoms with Crippen molar-refractivity contribution in [3.8, 4) is 0 Å². The van der Waals surface area contributed by atoms with Gasteiger partial charge in [0.05, 0.1) is 204 Å². The number of allylic oxidation sites excluding steroid dienone is 5. The molecule has 0 saturated carbocycles. The summed E-state index contributed by atoms with van der Waals surface area (Å²) >= 11 is 0. The lowest BCUT2D eigenvalue weighted by Crippen LogP contribution is -3.00. The fourth-order valence-electron chi connectivity index (χ4n) is 18.0. The van der Waals surface area contributed by atoms with Crippen LogP contribution in [0.25, 0.3) is 0 Å². The molecule has 0 aliphatic carbocycles. The number of carbonyl (C=O) groups excluding carboxylic acids is 8. The highest BCUT2D eigenvalue weighted by atomic mass is 79.9. The van der Waals surface area contributed by atoms with Crippen molar-refractivity contribution in [2.45, 2.75) is 301 Å². The molecule has 0 heterocycles. The summed E-state index contributed by atoms with van der Waals surface area (Å²) < 4.78 is 95.5. The van der Waals surface area contributed by atoms with Crippen LogP contribution in [0.5, 0.6) is 0 Å². The smallest absolute Gasteiger partial charge is 0.411 e. The zero-order chi connectivity index (χ0) is 107. The molecule has 2 aromatic rings. The predicted octanol–water partition coefficient (Wildman–Crippen LogP) is 20.2. The molecule has 0 atom stereocenters. The molecule has 3 amide bonds. The first kappa shape index (κ1) is 165. The summed E-state index contributed by atoms with van der Waals surface area (Å²) in [5.41, 5.74) is -4.78. The van der Waals surface area contributed by atoms with Crippen LogP contribution in [0.1, 0.15) is 292 Å². The Bertz CT molecular complexity index is 3660. The molecule has 149 heavy (non-hydrogen) atoms. The van der Waals surface area contributed by atoms with Gasteiger partial charge in [-0.2, -0.15) is 26.3 Å². The number of nitrogens with one attached hydrogen (secondary N) is 3. The quantitative estimate of drug-likeness (QED) is 0.0254. The minimum Gasteiger partial charge on any atom is -1.00 e. The zero-order valence-electron chi connectivity index (χ0n) is 95.3. The Morgan fingerprint density at radius 3 is 0.510 bits per heavy atom. The fraction of sp³-hybridized carbons (Fsp3) is 0.690. The number of rotatable bonds is 84. The van der Waals surface area contributed by atoms with Gasteiger partial charge in [-0.05, 0) is 201 Å². The molecule has 0 saturated heterocycles. The Morgan fingerprint density at radius 2 is 0.362 bits per heavy atom. The van der Waals surface area contributed by atoms with Crippen molar-refractivity contribution in [1.29, 1.82) is 0 Å². The van der Waals surface area contributed by atoms with Crippen LogP contribution in [0.4, 0.5) is 26.3 Å². The molecule has 3 N–H and O–H groups in total. The van der Waals surface area contributed by atoms with Gasteiger partial charge < -0.3 is 85.8 Å². The standard InChI is InChI=1S/C35H46F6N2O2.C29H56N3O2.C27H52N3O2.C25H48N3O2.8BrH/c1-7-31(44)13-9-11-23-42(3,4)25-27-15-19-29(20-16-27)33(34(36,37)38,35(39,40)41)30-21-17-28(18-22-30)26-43(5,6)24-12-10-14-32(45)8-2;1-7-28(33)22-17-20-26-31(3,4)24-18-15-13-11-9-10-12-14-16-19-25-32(5,6)27-21-23-30-29(34)8-2;1-7-26(31)20-15-18-24-29(3,4)22-16-13-11-9-10-12-14-17-23-30(5,6)25-19-21-28-27(32)8-2;1-7-24(29)18-13-16-22-27(3,4)20-14-11-9-10-12-15-21-28(5,6)23-17-19-26-25(30)8-2;;;;;;;;/h7-8,15-22H,1-2,9-14,23-26H2,3-6H3;7-8H,1-2,9-27H2,3-6H3;7-8H,1-2,9-25H2,3-6H3;7-8H,1-2,9-23H2,3-6H3;8*1H/q+2;3*+1;;;;;;;;/p+1. The number of halogens is 14. The van der Waals surface area contributed by atoms with Gasteiger partial charge in [-0.15, -0.1) is 102 Å². The molecule has 19 nitrogen and oxygen atoms in total. The van der Waals surface area contributed by atoms with Gasteiger partial charge in [0.25, 0.3) is 0 Å². The van der Waals surface area contributed by atoms with E-state index in [2.05, 4.69) is 153 Å². The van der Waals surface area contributed by atoms with Crippen molar-refractivity contribution in [3.05, 3.63) is 172 Å². The summed E-state index contributed by atoms with van der Waals surface area (Å²) in [5, 5.41) is 8.56. The van der Waals surface area contributed by atoms with Gasteiger partial charge in [0, 0.05) is 82.1 Å². The third-order valence-electron chi connectivity index (χ3n) is 27.3. The van der Waals surface area contributed by atoms with E-state index in [0.29, 0.717) is 91.2 Å². The van der Waals surface area contributed by atoms with Crippen LogP contribution >= 0.6 is 102 Å². The van der Waals surface area contributed by atoms with E-state index < -0.39 is 28.9 Å². The summed E-state index contributed by atoms with van der Waals surface area (Å²) in [7, 11) is 35.3. The number of unbranched alkanes of at least 4 members (excludes halogenated alkanes) is 26. The molecule has 2 rings (SSSR count). The highest BCUT2D eigenvalue weighted by molar-refractivity contribution is 8.93. The lowest BCUT2D eigenvalue weighted by molar-refractivity contribution is -0.903. The lowest BCUT2D eigenvalue weighted by atomic mass is 9.72. The van der Waals surface area contributed by atoms with E-state index in [-0.39, 0.29) is 182 Å². The van der Waals surface area contributed by atoms with Crippen molar-refractivity contribution in [2.75, 3.05) is 224 Å². The highest BCUT2D eigenvalue weighted by Gasteiger charge is 2.72. The van der Waals surface area contributed by atoms with Crippen LogP contribution in [-0.4, -0.2) is 319 Å². The van der Waals surface area contributed by atoms with Crippen LogP contribution in [0.3, 0.4) is 0 Å². The molecular weight excluding hydrogens is 2430 g/mol. The monoisotopic (exact) mass is 2630 g/mol. The minimum atomic E-state index is -5.66. The van der Waals surface area contributed by atoms with E-state index in [1.54, 1.807) is 0 Å².